The Morgan fingerprint density at radius 3 is 2.13 bits per heavy atom. The molecular formula is C20H21F4N3O3S. The Kier molecular flexibility index (Phi) is 7.58. The van der Waals surface area contributed by atoms with Crippen LogP contribution in [-0.2, 0) is 27.5 Å². The summed E-state index contributed by atoms with van der Waals surface area (Å²) >= 11 is 0. The molecule has 0 atom stereocenters. The van der Waals surface area contributed by atoms with Gasteiger partial charge in [0.2, 0.25) is 10.0 Å². The molecule has 0 bridgehead atoms. The number of alkyl halides is 3. The van der Waals surface area contributed by atoms with Gasteiger partial charge in [0, 0.05) is 18.4 Å². The predicted molar refractivity (Wildman–Crippen MR) is 107 cm³/mol. The zero-order valence-corrected chi connectivity index (χ0v) is 17.8. The van der Waals surface area contributed by atoms with E-state index in [9.17, 15) is 26.0 Å². The number of hydrogen-bond donors (Lipinski definition) is 1. The molecule has 0 fully saturated rings. The second-order valence-corrected chi connectivity index (χ2v) is 8.21. The van der Waals surface area contributed by atoms with Crippen LogP contribution in [0.25, 0.3) is 5.69 Å². The van der Waals surface area contributed by atoms with Crippen LogP contribution in [0.15, 0.2) is 53.4 Å². The molecule has 0 saturated heterocycles. The van der Waals surface area contributed by atoms with E-state index in [4.69, 9.17) is 9.88 Å². The fourth-order valence-electron chi connectivity index (χ4n) is 2.58. The Hall–Kier alpha value is -2.76. The summed E-state index contributed by atoms with van der Waals surface area (Å²) in [6.45, 7) is 3.67. The zero-order valence-electron chi connectivity index (χ0n) is 16.9. The van der Waals surface area contributed by atoms with E-state index in [-0.39, 0.29) is 16.4 Å². The average molecular weight is 459 g/mol. The third kappa shape index (κ3) is 6.61. The molecule has 31 heavy (non-hydrogen) atoms. The van der Waals surface area contributed by atoms with Crippen molar-refractivity contribution < 1.29 is 30.7 Å². The molecule has 1 aromatic heterocycles. The minimum absolute atomic E-state index is 0.123. The van der Waals surface area contributed by atoms with Gasteiger partial charge < -0.3 is 4.74 Å². The molecular weight excluding hydrogens is 438 g/mol. The van der Waals surface area contributed by atoms with Crippen LogP contribution < -0.4 is 5.14 Å². The summed E-state index contributed by atoms with van der Waals surface area (Å²) in [5.74, 6) is -0.188. The van der Waals surface area contributed by atoms with Crippen molar-refractivity contribution in [1.29, 1.82) is 0 Å². The quantitative estimate of drug-likeness (QED) is 0.595. The number of primary sulfonamides is 1. The number of aryl methyl sites for hydroxylation is 2. The lowest BCUT2D eigenvalue weighted by atomic mass is 10.1. The van der Waals surface area contributed by atoms with E-state index in [1.807, 2.05) is 13.0 Å². The van der Waals surface area contributed by atoms with Crippen LogP contribution in [0.3, 0.4) is 0 Å². The number of aromatic nitrogens is 2. The van der Waals surface area contributed by atoms with E-state index in [0.29, 0.717) is 17.9 Å². The van der Waals surface area contributed by atoms with Gasteiger partial charge in [0.15, 0.2) is 5.69 Å². The van der Waals surface area contributed by atoms with Crippen molar-refractivity contribution in [2.45, 2.75) is 31.5 Å². The fraction of sp³-hybridized carbons (Fsp3) is 0.250. The third-order valence-corrected chi connectivity index (χ3v) is 5.03. The first kappa shape index (κ1) is 24.5. The van der Waals surface area contributed by atoms with Gasteiger partial charge in [0.05, 0.1) is 17.2 Å². The number of ether oxygens (including phenoxy) is 1. The Balaban J connectivity index is 0.000000262. The normalized spacial score (nSPS) is 11.7. The Morgan fingerprint density at radius 1 is 1.06 bits per heavy atom. The number of nitrogens with zero attached hydrogens (tertiary/aromatic N) is 2. The van der Waals surface area contributed by atoms with Crippen molar-refractivity contribution in [3.05, 3.63) is 76.9 Å². The lowest BCUT2D eigenvalue weighted by Crippen LogP contribution is -2.12. The first-order valence-corrected chi connectivity index (χ1v) is 10.4. The maximum absolute atomic E-state index is 13.0. The van der Waals surface area contributed by atoms with Crippen LogP contribution >= 0.6 is 0 Å². The van der Waals surface area contributed by atoms with Gasteiger partial charge in [-0.1, -0.05) is 12.1 Å². The van der Waals surface area contributed by atoms with Crippen molar-refractivity contribution in [3.63, 3.8) is 0 Å². The van der Waals surface area contributed by atoms with Crippen molar-refractivity contribution in [2.75, 3.05) is 7.11 Å². The molecule has 0 aliphatic heterocycles. The molecule has 3 aromatic rings. The molecule has 3 rings (SSSR count). The lowest BCUT2D eigenvalue weighted by Gasteiger charge is -2.05. The van der Waals surface area contributed by atoms with Gasteiger partial charge in [-0.25, -0.2) is 22.6 Å². The van der Waals surface area contributed by atoms with E-state index in [2.05, 4.69) is 5.10 Å². The van der Waals surface area contributed by atoms with Crippen LogP contribution in [0.5, 0.6) is 0 Å². The highest BCUT2D eigenvalue weighted by atomic mass is 32.2. The topological polar surface area (TPSA) is 87.2 Å². The Bertz CT molecular complexity index is 1140. The van der Waals surface area contributed by atoms with E-state index >= 15 is 0 Å². The maximum Gasteiger partial charge on any atom is 0.435 e. The summed E-state index contributed by atoms with van der Waals surface area (Å²) in [6.07, 6.45) is -4.53. The van der Waals surface area contributed by atoms with E-state index in [1.165, 1.54) is 37.3 Å². The largest absolute Gasteiger partial charge is 0.435 e. The molecule has 0 radical (unpaired) electrons. The van der Waals surface area contributed by atoms with Crippen molar-refractivity contribution in [1.82, 2.24) is 9.78 Å². The maximum atomic E-state index is 13.0. The van der Waals surface area contributed by atoms with Crippen molar-refractivity contribution >= 4 is 10.0 Å². The molecule has 6 nitrogen and oxygen atoms in total. The molecule has 11 heteroatoms. The summed E-state index contributed by atoms with van der Waals surface area (Å²) < 4.78 is 78.7. The van der Waals surface area contributed by atoms with Gasteiger partial charge in [0.25, 0.3) is 0 Å². The molecule has 2 N–H and O–H groups in total. The van der Waals surface area contributed by atoms with E-state index in [1.54, 1.807) is 13.2 Å². The smallest absolute Gasteiger partial charge is 0.380 e. The first-order chi connectivity index (χ1) is 14.3. The molecule has 0 saturated carbocycles. The minimum Gasteiger partial charge on any atom is -0.380 e. The molecule has 1 heterocycles. The van der Waals surface area contributed by atoms with Crippen LogP contribution in [0.1, 0.15) is 22.5 Å². The molecule has 0 aliphatic rings. The third-order valence-electron chi connectivity index (χ3n) is 4.10. The molecule has 0 aliphatic carbocycles. The van der Waals surface area contributed by atoms with Gasteiger partial charge in [0.1, 0.15) is 5.82 Å². The number of methoxy groups -OCH3 is 1. The number of rotatable bonds is 4. The van der Waals surface area contributed by atoms with Crippen LogP contribution in [0, 0.1) is 19.7 Å². The second kappa shape index (κ2) is 9.58. The zero-order chi connectivity index (χ0) is 23.4. The summed E-state index contributed by atoms with van der Waals surface area (Å²) in [4.78, 5) is -0.123. The van der Waals surface area contributed by atoms with Crippen molar-refractivity contribution in [3.8, 4) is 5.69 Å². The highest BCUT2D eigenvalue weighted by Crippen LogP contribution is 2.29. The first-order valence-electron chi connectivity index (χ1n) is 8.84. The summed E-state index contributed by atoms with van der Waals surface area (Å²) in [7, 11) is -2.28. The van der Waals surface area contributed by atoms with Gasteiger partial charge >= 0.3 is 6.18 Å². The standard InChI is InChI=1S/C11H10F3N3O2S.C9H11FO/c1-7-6-10(11(12,13)14)16-17(7)8-2-4-9(5-3-8)20(15,18)19;1-7-3-4-8(6-11-2)9(10)5-7/h2-6H,1H3,(H2,15,18,19);3-5H,6H2,1-2H3. The van der Waals surface area contributed by atoms with Crippen molar-refractivity contribution in [2.24, 2.45) is 5.14 Å². The number of halogens is 4. The minimum atomic E-state index is -4.53. The van der Waals surface area contributed by atoms with Gasteiger partial charge in [-0.2, -0.15) is 18.3 Å². The predicted octanol–water partition coefficient (Wildman–Crippen LogP) is 4.13. The number of nitrogens with two attached hydrogens (primary N) is 1. The van der Waals surface area contributed by atoms with Gasteiger partial charge in [-0.3, -0.25) is 0 Å². The molecule has 0 amide bonds. The van der Waals surface area contributed by atoms with Crippen LogP contribution in [-0.4, -0.2) is 25.3 Å². The van der Waals surface area contributed by atoms with Crippen LogP contribution in [0.4, 0.5) is 17.6 Å². The van der Waals surface area contributed by atoms with E-state index < -0.39 is 21.9 Å². The average Bonchev–Trinajstić information content (AvgIpc) is 3.06. The lowest BCUT2D eigenvalue weighted by molar-refractivity contribution is -0.141. The highest BCUT2D eigenvalue weighted by molar-refractivity contribution is 7.89. The summed E-state index contributed by atoms with van der Waals surface area (Å²) in [6, 6.07) is 11.1. The number of hydrogen-bond acceptors (Lipinski definition) is 4. The highest BCUT2D eigenvalue weighted by Gasteiger charge is 2.34. The Morgan fingerprint density at radius 2 is 1.68 bits per heavy atom. The van der Waals surface area contributed by atoms with Gasteiger partial charge in [-0.05, 0) is 55.8 Å². The monoisotopic (exact) mass is 459 g/mol. The summed E-state index contributed by atoms with van der Waals surface area (Å²) in [5, 5.41) is 8.39. The van der Waals surface area contributed by atoms with Gasteiger partial charge in [-0.15, -0.1) is 0 Å². The SMILES string of the molecule is COCc1ccc(C)cc1F.Cc1cc(C(F)(F)F)nn1-c1ccc(S(N)(=O)=O)cc1. The molecule has 0 unspecified atom stereocenters. The van der Waals surface area contributed by atoms with Crippen LogP contribution in [0.2, 0.25) is 0 Å². The Labute approximate surface area is 177 Å². The second-order valence-electron chi connectivity index (χ2n) is 6.65. The fourth-order valence-corrected chi connectivity index (χ4v) is 3.09. The van der Waals surface area contributed by atoms with E-state index in [0.717, 1.165) is 16.3 Å². The number of benzene rings is 2. The number of sulfonamides is 1. The molecule has 0 spiro atoms. The molecule has 2 aromatic carbocycles. The molecule has 168 valence electrons. The summed E-state index contributed by atoms with van der Waals surface area (Å²) in [5.41, 5.74) is 1.12.